The van der Waals surface area contributed by atoms with Gasteiger partial charge < -0.3 is 9.80 Å². The highest BCUT2D eigenvalue weighted by Crippen LogP contribution is 2.26. The maximum absolute atomic E-state index is 12.5. The Morgan fingerprint density at radius 1 is 1.11 bits per heavy atom. The predicted octanol–water partition coefficient (Wildman–Crippen LogP) is 2.67. The van der Waals surface area contributed by atoms with E-state index in [1.165, 1.54) is 0 Å². The van der Waals surface area contributed by atoms with Crippen molar-refractivity contribution in [2.24, 2.45) is 5.92 Å². The number of Topliss-reactive ketones (excluding diaryl/α,β-unsaturated/α-hetero) is 1. The SMILES string of the molecule is CC(C)C(=O)C(c1ccccc1)N1C=CN(C)CC1. The van der Waals surface area contributed by atoms with E-state index in [2.05, 4.69) is 16.8 Å². The number of carbonyl (C=O) groups is 1. The monoisotopic (exact) mass is 258 g/mol. The Kier molecular flexibility index (Phi) is 4.25. The maximum atomic E-state index is 12.5. The van der Waals surface area contributed by atoms with Crippen molar-refractivity contribution in [3.63, 3.8) is 0 Å². The lowest BCUT2D eigenvalue weighted by molar-refractivity contribution is -0.126. The number of hydrogen-bond donors (Lipinski definition) is 0. The van der Waals surface area contributed by atoms with E-state index in [0.717, 1.165) is 18.7 Å². The van der Waals surface area contributed by atoms with E-state index in [1.54, 1.807) is 0 Å². The van der Waals surface area contributed by atoms with E-state index < -0.39 is 0 Å². The van der Waals surface area contributed by atoms with Crippen LogP contribution in [0.3, 0.4) is 0 Å². The third-order valence-corrected chi connectivity index (χ3v) is 3.51. The number of rotatable bonds is 4. The average Bonchev–Trinajstić information content (AvgIpc) is 2.42. The summed E-state index contributed by atoms with van der Waals surface area (Å²) in [7, 11) is 2.05. The fraction of sp³-hybridized carbons (Fsp3) is 0.438. The molecule has 3 nitrogen and oxygen atoms in total. The van der Waals surface area contributed by atoms with Crippen LogP contribution in [0.5, 0.6) is 0 Å². The van der Waals surface area contributed by atoms with Crippen molar-refractivity contribution in [1.29, 1.82) is 0 Å². The summed E-state index contributed by atoms with van der Waals surface area (Å²) in [5.74, 6) is 0.318. The first-order valence-electron chi connectivity index (χ1n) is 6.82. The molecule has 102 valence electrons. The van der Waals surface area contributed by atoms with Gasteiger partial charge in [0, 0.05) is 38.5 Å². The van der Waals surface area contributed by atoms with Crippen LogP contribution >= 0.6 is 0 Å². The summed E-state index contributed by atoms with van der Waals surface area (Å²) in [6.45, 7) is 5.77. The molecule has 0 aliphatic carbocycles. The van der Waals surface area contributed by atoms with Crippen molar-refractivity contribution in [2.45, 2.75) is 19.9 Å². The molecule has 1 aromatic rings. The molecule has 0 saturated heterocycles. The molecule has 0 radical (unpaired) electrons. The molecule has 1 atom stereocenters. The van der Waals surface area contributed by atoms with Gasteiger partial charge >= 0.3 is 0 Å². The van der Waals surface area contributed by atoms with Crippen LogP contribution in [0.4, 0.5) is 0 Å². The van der Waals surface area contributed by atoms with E-state index in [9.17, 15) is 4.79 Å². The van der Waals surface area contributed by atoms with Crippen LogP contribution in [0.1, 0.15) is 25.5 Å². The lowest BCUT2D eigenvalue weighted by Crippen LogP contribution is -2.39. The minimum absolute atomic E-state index is 0.0401. The van der Waals surface area contributed by atoms with Crippen LogP contribution < -0.4 is 0 Å². The van der Waals surface area contributed by atoms with Crippen LogP contribution in [-0.2, 0) is 4.79 Å². The van der Waals surface area contributed by atoms with Crippen LogP contribution in [0, 0.1) is 5.92 Å². The fourth-order valence-electron chi connectivity index (χ4n) is 2.31. The molecule has 0 N–H and O–H groups in total. The van der Waals surface area contributed by atoms with Gasteiger partial charge in [-0.1, -0.05) is 44.2 Å². The van der Waals surface area contributed by atoms with Gasteiger partial charge in [0.2, 0.25) is 0 Å². The molecule has 19 heavy (non-hydrogen) atoms. The van der Waals surface area contributed by atoms with Gasteiger partial charge in [-0.3, -0.25) is 4.79 Å². The second-order valence-corrected chi connectivity index (χ2v) is 5.39. The summed E-state index contributed by atoms with van der Waals surface area (Å²) in [4.78, 5) is 16.8. The maximum Gasteiger partial charge on any atom is 0.162 e. The Hall–Kier alpha value is -1.77. The van der Waals surface area contributed by atoms with Crippen molar-refractivity contribution in [1.82, 2.24) is 9.80 Å². The molecule has 0 aromatic heterocycles. The summed E-state index contributed by atoms with van der Waals surface area (Å²) in [5.41, 5.74) is 1.08. The zero-order chi connectivity index (χ0) is 13.8. The molecule has 1 heterocycles. The van der Waals surface area contributed by atoms with Crippen LogP contribution in [0.25, 0.3) is 0 Å². The second kappa shape index (κ2) is 5.91. The normalized spacial score (nSPS) is 16.8. The quantitative estimate of drug-likeness (QED) is 0.829. The molecular weight excluding hydrogens is 236 g/mol. The summed E-state index contributed by atoms with van der Waals surface area (Å²) in [5, 5.41) is 0. The largest absolute Gasteiger partial charge is 0.377 e. The third-order valence-electron chi connectivity index (χ3n) is 3.51. The Bertz CT molecular complexity index is 453. The molecule has 0 spiro atoms. The molecule has 0 fully saturated rings. The van der Waals surface area contributed by atoms with Crippen molar-refractivity contribution in [3.05, 3.63) is 48.3 Å². The molecule has 0 saturated carbocycles. The molecule has 1 aliphatic rings. The molecule has 0 bridgehead atoms. The lowest BCUT2D eigenvalue weighted by Gasteiger charge is -2.35. The zero-order valence-corrected chi connectivity index (χ0v) is 11.9. The molecule has 2 rings (SSSR count). The van der Waals surface area contributed by atoms with E-state index in [4.69, 9.17) is 0 Å². The minimum atomic E-state index is -0.161. The Morgan fingerprint density at radius 2 is 1.79 bits per heavy atom. The third kappa shape index (κ3) is 3.16. The lowest BCUT2D eigenvalue weighted by atomic mass is 9.94. The van der Waals surface area contributed by atoms with Gasteiger partial charge in [-0.05, 0) is 5.56 Å². The first-order chi connectivity index (χ1) is 9.09. The highest BCUT2D eigenvalue weighted by molar-refractivity contribution is 5.87. The van der Waals surface area contributed by atoms with E-state index in [-0.39, 0.29) is 17.7 Å². The fourth-order valence-corrected chi connectivity index (χ4v) is 2.31. The first-order valence-corrected chi connectivity index (χ1v) is 6.82. The van der Waals surface area contributed by atoms with Crippen LogP contribution in [-0.4, -0.2) is 35.7 Å². The van der Waals surface area contributed by atoms with Crippen molar-refractivity contribution in [2.75, 3.05) is 20.1 Å². The number of ketones is 1. The zero-order valence-electron chi connectivity index (χ0n) is 11.9. The van der Waals surface area contributed by atoms with Gasteiger partial charge in [-0.15, -0.1) is 0 Å². The molecule has 0 amide bonds. The number of benzene rings is 1. The molecule has 1 unspecified atom stereocenters. The van der Waals surface area contributed by atoms with E-state index in [1.807, 2.05) is 56.6 Å². The summed E-state index contributed by atoms with van der Waals surface area (Å²) in [6, 6.07) is 9.89. The van der Waals surface area contributed by atoms with Crippen LogP contribution in [0.15, 0.2) is 42.7 Å². The smallest absolute Gasteiger partial charge is 0.162 e. The van der Waals surface area contributed by atoms with Crippen molar-refractivity contribution in [3.8, 4) is 0 Å². The molecule has 1 aliphatic heterocycles. The van der Waals surface area contributed by atoms with Gasteiger partial charge in [0.25, 0.3) is 0 Å². The summed E-state index contributed by atoms with van der Waals surface area (Å²) in [6.07, 6.45) is 4.06. The molecule has 3 heteroatoms. The van der Waals surface area contributed by atoms with Gasteiger partial charge in [-0.25, -0.2) is 0 Å². The standard InChI is InChI=1S/C16H22N2O/c1-13(2)16(19)15(14-7-5-4-6-8-14)18-11-9-17(3)10-12-18/h4-9,11,13,15H,10,12H2,1-3H3. The second-order valence-electron chi connectivity index (χ2n) is 5.39. The van der Waals surface area contributed by atoms with Crippen molar-refractivity contribution < 1.29 is 4.79 Å². The minimum Gasteiger partial charge on any atom is -0.377 e. The summed E-state index contributed by atoms with van der Waals surface area (Å²) >= 11 is 0. The number of likely N-dealkylation sites (N-methyl/N-ethyl adjacent to an activating group) is 1. The topological polar surface area (TPSA) is 23.6 Å². The molecular formula is C16H22N2O. The van der Waals surface area contributed by atoms with E-state index >= 15 is 0 Å². The highest BCUT2D eigenvalue weighted by atomic mass is 16.1. The number of hydrogen-bond acceptors (Lipinski definition) is 3. The highest BCUT2D eigenvalue weighted by Gasteiger charge is 2.28. The summed E-state index contributed by atoms with van der Waals surface area (Å²) < 4.78 is 0. The predicted molar refractivity (Wildman–Crippen MR) is 77.5 cm³/mol. The van der Waals surface area contributed by atoms with Gasteiger partial charge in [0.15, 0.2) is 5.78 Å². The number of nitrogens with zero attached hydrogens (tertiary/aromatic N) is 2. The average molecular weight is 258 g/mol. The van der Waals surface area contributed by atoms with Gasteiger partial charge in [-0.2, -0.15) is 0 Å². The van der Waals surface area contributed by atoms with Gasteiger partial charge in [0.1, 0.15) is 6.04 Å². The Morgan fingerprint density at radius 3 is 2.32 bits per heavy atom. The first kappa shape index (κ1) is 13.7. The molecule has 1 aromatic carbocycles. The number of carbonyl (C=O) groups excluding carboxylic acids is 1. The van der Waals surface area contributed by atoms with Crippen LogP contribution in [0.2, 0.25) is 0 Å². The van der Waals surface area contributed by atoms with Gasteiger partial charge in [0.05, 0.1) is 0 Å². The Balaban J connectivity index is 2.30. The van der Waals surface area contributed by atoms with E-state index in [0.29, 0.717) is 0 Å². The Labute approximate surface area is 115 Å². The van der Waals surface area contributed by atoms with Crippen molar-refractivity contribution >= 4 is 5.78 Å².